The fourth-order valence-electron chi connectivity index (χ4n) is 1.95. The number of rotatable bonds is 8. The molecule has 5 heteroatoms. The van der Waals surface area contributed by atoms with E-state index in [9.17, 15) is 13.2 Å². The normalized spacial score (nSPS) is 11.3. The van der Waals surface area contributed by atoms with Gasteiger partial charge in [-0.1, -0.05) is 44.7 Å². The first-order valence-electron chi connectivity index (χ1n) is 6.97. The fraction of sp³-hybridized carbons (Fsp3) is 0.533. The van der Waals surface area contributed by atoms with Gasteiger partial charge in [-0.15, -0.1) is 0 Å². The van der Waals surface area contributed by atoms with Crippen molar-refractivity contribution in [1.29, 1.82) is 0 Å². The van der Waals surface area contributed by atoms with Crippen molar-refractivity contribution in [2.75, 3.05) is 5.75 Å². The Balaban J connectivity index is 2.74. The Morgan fingerprint density at radius 3 is 2.40 bits per heavy atom. The fourth-order valence-corrected chi connectivity index (χ4v) is 3.46. The maximum Gasteiger partial charge on any atom is 0.308 e. The number of esters is 1. The van der Waals surface area contributed by atoms with E-state index in [-0.39, 0.29) is 16.4 Å². The monoisotopic (exact) mass is 298 g/mol. The summed E-state index contributed by atoms with van der Waals surface area (Å²) in [6.45, 7) is 3.38. The third-order valence-corrected chi connectivity index (χ3v) is 4.79. The van der Waals surface area contributed by atoms with Crippen molar-refractivity contribution < 1.29 is 17.9 Å². The van der Waals surface area contributed by atoms with Crippen molar-refractivity contribution in [2.45, 2.75) is 50.8 Å². The molecular formula is C15H22O4S. The van der Waals surface area contributed by atoms with E-state index in [4.69, 9.17) is 4.74 Å². The molecule has 4 nitrogen and oxygen atoms in total. The lowest BCUT2D eigenvalue weighted by Gasteiger charge is -2.09. The summed E-state index contributed by atoms with van der Waals surface area (Å²) in [5.41, 5.74) is 0. The maximum atomic E-state index is 12.3. The number of hydrogen-bond acceptors (Lipinski definition) is 4. The summed E-state index contributed by atoms with van der Waals surface area (Å²) < 4.78 is 29.5. The van der Waals surface area contributed by atoms with E-state index < -0.39 is 15.8 Å². The number of para-hydroxylation sites is 1. The molecule has 0 spiro atoms. The van der Waals surface area contributed by atoms with Crippen LogP contribution < -0.4 is 4.74 Å². The van der Waals surface area contributed by atoms with E-state index in [0.29, 0.717) is 6.42 Å². The zero-order valence-corrected chi connectivity index (χ0v) is 12.9. The molecule has 1 aromatic carbocycles. The number of ether oxygens (including phenoxy) is 1. The van der Waals surface area contributed by atoms with Crippen LogP contribution in [0.25, 0.3) is 0 Å². The molecule has 0 aromatic heterocycles. The molecule has 0 saturated carbocycles. The Morgan fingerprint density at radius 2 is 1.75 bits per heavy atom. The third-order valence-electron chi connectivity index (χ3n) is 2.95. The highest BCUT2D eigenvalue weighted by atomic mass is 32.2. The SMILES string of the molecule is CCCCCCCS(=O)(=O)c1ccccc1OC(C)=O. The lowest BCUT2D eigenvalue weighted by atomic mass is 10.2. The lowest BCUT2D eigenvalue weighted by molar-refractivity contribution is -0.132. The highest BCUT2D eigenvalue weighted by molar-refractivity contribution is 7.91. The third kappa shape index (κ3) is 5.33. The zero-order valence-electron chi connectivity index (χ0n) is 12.1. The second-order valence-corrected chi connectivity index (χ2v) is 6.85. The summed E-state index contributed by atoms with van der Waals surface area (Å²) in [7, 11) is -3.40. The Kier molecular flexibility index (Phi) is 6.71. The van der Waals surface area contributed by atoms with Gasteiger partial charge in [0.05, 0.1) is 5.75 Å². The summed E-state index contributed by atoms with van der Waals surface area (Å²) in [5.74, 6) is -0.307. The van der Waals surface area contributed by atoms with Crippen molar-refractivity contribution in [3.63, 3.8) is 0 Å². The molecule has 0 aliphatic carbocycles. The Hall–Kier alpha value is -1.36. The quantitative estimate of drug-likeness (QED) is 0.419. The smallest absolute Gasteiger partial charge is 0.308 e. The molecule has 0 heterocycles. The second-order valence-electron chi connectivity index (χ2n) is 4.77. The minimum atomic E-state index is -3.40. The predicted octanol–water partition coefficient (Wildman–Crippen LogP) is 3.36. The minimum Gasteiger partial charge on any atom is -0.425 e. The van der Waals surface area contributed by atoms with Crippen molar-refractivity contribution in [1.82, 2.24) is 0 Å². The van der Waals surface area contributed by atoms with E-state index in [1.807, 2.05) is 0 Å². The molecule has 0 saturated heterocycles. The van der Waals surface area contributed by atoms with Gasteiger partial charge in [0.2, 0.25) is 0 Å². The van der Waals surface area contributed by atoms with Crippen LogP contribution in [0, 0.1) is 0 Å². The first-order valence-corrected chi connectivity index (χ1v) is 8.63. The van der Waals surface area contributed by atoms with Crippen LogP contribution in [-0.4, -0.2) is 20.1 Å². The molecule has 0 aliphatic rings. The van der Waals surface area contributed by atoms with Crippen molar-refractivity contribution in [3.05, 3.63) is 24.3 Å². The standard InChI is InChI=1S/C15H22O4S/c1-3-4-5-6-9-12-20(17,18)15-11-8-7-10-14(15)19-13(2)16/h7-8,10-11H,3-6,9,12H2,1-2H3. The van der Waals surface area contributed by atoms with E-state index in [0.717, 1.165) is 25.7 Å². The van der Waals surface area contributed by atoms with Crippen molar-refractivity contribution in [3.8, 4) is 5.75 Å². The molecule has 0 unspecified atom stereocenters. The molecule has 1 rings (SSSR count). The van der Waals surface area contributed by atoms with Crippen LogP contribution in [0.5, 0.6) is 5.75 Å². The predicted molar refractivity (Wildman–Crippen MR) is 78.6 cm³/mol. The molecule has 0 N–H and O–H groups in total. The van der Waals surface area contributed by atoms with Gasteiger partial charge in [0.15, 0.2) is 9.84 Å². The van der Waals surface area contributed by atoms with Crippen molar-refractivity contribution in [2.24, 2.45) is 0 Å². The first-order chi connectivity index (χ1) is 9.47. The van der Waals surface area contributed by atoms with Gasteiger partial charge in [0.1, 0.15) is 10.6 Å². The van der Waals surface area contributed by atoms with Gasteiger partial charge in [0, 0.05) is 6.92 Å². The Bertz CT molecular complexity index is 535. The first kappa shape index (κ1) is 16.7. The largest absolute Gasteiger partial charge is 0.425 e. The number of benzene rings is 1. The van der Waals surface area contributed by atoms with Gasteiger partial charge in [-0.3, -0.25) is 4.79 Å². The van der Waals surface area contributed by atoms with Crippen LogP contribution in [0.4, 0.5) is 0 Å². The Morgan fingerprint density at radius 1 is 1.10 bits per heavy atom. The summed E-state index contributed by atoms with van der Waals surface area (Å²) in [4.78, 5) is 11.1. The average Bonchev–Trinajstić information content (AvgIpc) is 2.38. The molecule has 0 aliphatic heterocycles. The molecule has 0 bridgehead atoms. The zero-order chi connectivity index (χ0) is 15.0. The average molecular weight is 298 g/mol. The molecule has 0 atom stereocenters. The van der Waals surface area contributed by atoms with Crippen LogP contribution in [0.1, 0.15) is 46.0 Å². The van der Waals surface area contributed by atoms with Gasteiger partial charge < -0.3 is 4.74 Å². The number of hydrogen-bond donors (Lipinski definition) is 0. The summed E-state index contributed by atoms with van der Waals surface area (Å²) in [6.07, 6.45) is 4.85. The number of unbranched alkanes of at least 4 members (excludes halogenated alkanes) is 4. The summed E-state index contributed by atoms with van der Waals surface area (Å²) in [6, 6.07) is 6.28. The van der Waals surface area contributed by atoms with Gasteiger partial charge in [-0.25, -0.2) is 8.42 Å². The van der Waals surface area contributed by atoms with Gasteiger partial charge in [0.25, 0.3) is 0 Å². The van der Waals surface area contributed by atoms with Gasteiger partial charge >= 0.3 is 5.97 Å². The van der Waals surface area contributed by atoms with Crippen LogP contribution in [0.2, 0.25) is 0 Å². The van der Waals surface area contributed by atoms with Gasteiger partial charge in [-0.05, 0) is 18.6 Å². The Labute approximate surface area is 121 Å². The van der Waals surface area contributed by atoms with E-state index in [2.05, 4.69) is 6.92 Å². The van der Waals surface area contributed by atoms with Crippen LogP contribution >= 0.6 is 0 Å². The van der Waals surface area contributed by atoms with Gasteiger partial charge in [-0.2, -0.15) is 0 Å². The summed E-state index contributed by atoms with van der Waals surface area (Å²) >= 11 is 0. The minimum absolute atomic E-state index is 0.0923. The van der Waals surface area contributed by atoms with Crippen LogP contribution in [-0.2, 0) is 14.6 Å². The molecular weight excluding hydrogens is 276 g/mol. The molecule has 20 heavy (non-hydrogen) atoms. The highest BCUT2D eigenvalue weighted by Crippen LogP contribution is 2.25. The second kappa shape index (κ2) is 8.04. The molecule has 0 radical (unpaired) electrons. The number of carbonyl (C=O) groups excluding carboxylic acids is 1. The molecule has 0 amide bonds. The van der Waals surface area contributed by atoms with Crippen LogP contribution in [0.15, 0.2) is 29.2 Å². The lowest BCUT2D eigenvalue weighted by Crippen LogP contribution is -2.11. The number of carbonyl (C=O) groups is 1. The topological polar surface area (TPSA) is 60.4 Å². The summed E-state index contributed by atoms with van der Waals surface area (Å²) in [5, 5.41) is 0. The highest BCUT2D eigenvalue weighted by Gasteiger charge is 2.19. The van der Waals surface area contributed by atoms with E-state index in [1.165, 1.54) is 19.1 Å². The van der Waals surface area contributed by atoms with E-state index >= 15 is 0 Å². The van der Waals surface area contributed by atoms with Crippen LogP contribution in [0.3, 0.4) is 0 Å². The molecule has 112 valence electrons. The maximum absolute atomic E-state index is 12.3. The molecule has 1 aromatic rings. The van der Waals surface area contributed by atoms with Crippen molar-refractivity contribution >= 4 is 15.8 Å². The molecule has 0 fully saturated rings. The number of sulfone groups is 1. The van der Waals surface area contributed by atoms with E-state index in [1.54, 1.807) is 12.1 Å².